The van der Waals surface area contributed by atoms with E-state index >= 15 is 0 Å². The van der Waals surface area contributed by atoms with Crippen molar-refractivity contribution in [1.29, 1.82) is 0 Å². The molecule has 4 aliphatic rings. The SMILES string of the molecule is C#Cc1ccc(C2COC(C)(C)O2)cc1.C#Cc1ccc([C@H](O)CO)cc1.CNC(=O)[C@@](C)(C(=O)COC1CCCCO1)N(C)C(=O)c1ccc(C#Cc2ccc(C3COC(C)(C)O3)cc2)cc1.CNC(=O)[C@@](C)(C(=O)COC1CCCCO1)N(C)C(=O)c1ccc(I)cc1. The van der Waals surface area contributed by atoms with Gasteiger partial charge in [-0.05, 0) is 204 Å². The first-order valence-electron chi connectivity index (χ1n) is 31.3. The molecule has 4 fully saturated rings. The van der Waals surface area contributed by atoms with E-state index in [1.807, 2.05) is 76.2 Å². The molecule has 506 valence electrons. The zero-order valence-electron chi connectivity index (χ0n) is 55.7. The lowest BCUT2D eigenvalue weighted by molar-refractivity contribution is -0.174. The van der Waals surface area contributed by atoms with Crippen molar-refractivity contribution >= 4 is 57.8 Å². The molecule has 4 amide bonds. The Kier molecular flexibility index (Phi) is 28.8. The third-order valence-corrected chi connectivity index (χ3v) is 17.1. The highest BCUT2D eigenvalue weighted by Crippen LogP contribution is 2.34. The molecule has 0 saturated carbocycles. The van der Waals surface area contributed by atoms with Crippen molar-refractivity contribution in [2.45, 2.75) is 134 Å². The van der Waals surface area contributed by atoms with E-state index in [-0.39, 0.29) is 32.0 Å². The number of halogens is 1. The summed E-state index contributed by atoms with van der Waals surface area (Å²) in [6.45, 7) is 11.8. The first-order valence-corrected chi connectivity index (χ1v) is 32.4. The molecule has 20 nitrogen and oxygen atoms in total. The van der Waals surface area contributed by atoms with Crippen LogP contribution in [0.4, 0.5) is 0 Å². The normalized spacial score (nSPS) is 19.8. The highest BCUT2D eigenvalue weighted by atomic mass is 127. The molecule has 5 aromatic rings. The van der Waals surface area contributed by atoms with Gasteiger partial charge in [-0.1, -0.05) is 60.1 Å². The number of benzene rings is 5. The second kappa shape index (κ2) is 35.9. The molecule has 4 unspecified atom stereocenters. The minimum Gasteiger partial charge on any atom is -0.393 e. The van der Waals surface area contributed by atoms with Crippen LogP contribution in [0.5, 0.6) is 0 Å². The van der Waals surface area contributed by atoms with Crippen LogP contribution in [-0.2, 0) is 57.1 Å². The van der Waals surface area contributed by atoms with Crippen LogP contribution in [-0.4, -0.2) is 165 Å². The molecule has 0 spiro atoms. The topological polar surface area (TPSA) is 247 Å². The molecule has 4 saturated heterocycles. The van der Waals surface area contributed by atoms with Crippen molar-refractivity contribution < 1.29 is 76.9 Å². The fourth-order valence-corrected chi connectivity index (χ4v) is 10.5. The van der Waals surface area contributed by atoms with Crippen LogP contribution < -0.4 is 10.6 Å². The minimum atomic E-state index is -1.77. The molecule has 21 heteroatoms. The van der Waals surface area contributed by atoms with Gasteiger partial charge in [-0.25, -0.2) is 0 Å². The Hall–Kier alpha value is -7.67. The second-order valence-electron chi connectivity index (χ2n) is 23.9. The van der Waals surface area contributed by atoms with Gasteiger partial charge >= 0.3 is 0 Å². The highest BCUT2D eigenvalue weighted by Gasteiger charge is 2.48. The molecular weight excluding hydrogens is 1330 g/mol. The summed E-state index contributed by atoms with van der Waals surface area (Å²) >= 11 is 2.14. The van der Waals surface area contributed by atoms with Crippen LogP contribution in [0.15, 0.2) is 121 Å². The maximum Gasteiger partial charge on any atom is 0.254 e. The molecule has 4 aliphatic heterocycles. The van der Waals surface area contributed by atoms with Crippen LogP contribution in [0.25, 0.3) is 0 Å². The summed E-state index contributed by atoms with van der Waals surface area (Å²) in [6, 6.07) is 36.2. The molecule has 9 rings (SSSR count). The average Bonchev–Trinajstić information content (AvgIpc) is 1.72. The Morgan fingerprint density at radius 1 is 0.589 bits per heavy atom. The van der Waals surface area contributed by atoms with Crippen LogP contribution in [0, 0.1) is 40.1 Å². The summed E-state index contributed by atoms with van der Waals surface area (Å²) < 4.78 is 45.9. The Morgan fingerprint density at radius 2 is 0.947 bits per heavy atom. The monoisotopic (exact) mass is 1410 g/mol. The summed E-state index contributed by atoms with van der Waals surface area (Å²) in [4.78, 5) is 80.1. The molecule has 0 bridgehead atoms. The van der Waals surface area contributed by atoms with E-state index in [9.17, 15) is 33.9 Å². The Labute approximate surface area is 571 Å². The number of likely N-dealkylation sites (N-methyl/N-ethyl adjacent to an activating group) is 4. The van der Waals surface area contributed by atoms with Gasteiger partial charge in [-0.3, -0.25) is 28.8 Å². The highest BCUT2D eigenvalue weighted by molar-refractivity contribution is 14.1. The third-order valence-electron chi connectivity index (χ3n) is 16.4. The van der Waals surface area contributed by atoms with E-state index in [1.165, 1.54) is 46.9 Å². The number of nitrogens with one attached hydrogen (secondary N) is 2. The predicted octanol–water partition coefficient (Wildman–Crippen LogP) is 8.77. The number of amides is 4. The fourth-order valence-electron chi connectivity index (χ4n) is 10.1. The molecule has 7 atom stereocenters. The molecule has 0 aromatic heterocycles. The number of rotatable bonds is 18. The van der Waals surface area contributed by atoms with Crippen LogP contribution in [0.2, 0.25) is 0 Å². The number of carbonyl (C=O) groups excluding carboxylic acids is 6. The predicted molar refractivity (Wildman–Crippen MR) is 365 cm³/mol. The number of ketones is 2. The molecule has 95 heavy (non-hydrogen) atoms. The van der Waals surface area contributed by atoms with Crippen molar-refractivity contribution in [3.63, 3.8) is 0 Å². The summed E-state index contributed by atoms with van der Waals surface area (Å²) in [6.07, 6.45) is 13.8. The minimum absolute atomic E-state index is 0.0202. The number of hydrogen-bond donors (Lipinski definition) is 4. The van der Waals surface area contributed by atoms with E-state index < -0.39 is 76.5 Å². The lowest BCUT2D eigenvalue weighted by Gasteiger charge is -2.36. The zero-order valence-corrected chi connectivity index (χ0v) is 57.8. The van der Waals surface area contributed by atoms with Crippen LogP contribution in [0.1, 0.15) is 158 Å². The van der Waals surface area contributed by atoms with Gasteiger partial charge < -0.3 is 68.5 Å². The van der Waals surface area contributed by atoms with Gasteiger partial charge in [-0.2, -0.15) is 0 Å². The Balaban J connectivity index is 0.000000224. The van der Waals surface area contributed by atoms with Crippen LogP contribution in [0.3, 0.4) is 0 Å². The summed E-state index contributed by atoms with van der Waals surface area (Å²) in [7, 11) is 5.75. The first kappa shape index (κ1) is 76.3. The lowest BCUT2D eigenvalue weighted by atomic mass is 9.92. The van der Waals surface area contributed by atoms with Crippen molar-refractivity contribution in [1.82, 2.24) is 20.4 Å². The first-order chi connectivity index (χ1) is 45.2. The number of aliphatic hydroxyl groups excluding tert-OH is 2. The number of nitrogens with zero attached hydrogens (tertiary/aromatic N) is 2. The fraction of sp³-hybridized carbons (Fsp3) is 0.432. The van der Waals surface area contributed by atoms with E-state index in [4.69, 9.17) is 55.8 Å². The van der Waals surface area contributed by atoms with Gasteiger partial charge in [0.25, 0.3) is 23.6 Å². The zero-order chi connectivity index (χ0) is 69.5. The van der Waals surface area contributed by atoms with Crippen molar-refractivity contribution in [2.24, 2.45) is 0 Å². The van der Waals surface area contributed by atoms with E-state index in [1.54, 1.807) is 72.8 Å². The van der Waals surface area contributed by atoms with Crippen molar-refractivity contribution in [3.05, 3.63) is 175 Å². The molecular formula is C74H87IN4O16. The van der Waals surface area contributed by atoms with Gasteiger partial charge in [0.1, 0.15) is 31.5 Å². The number of hydrogen-bond acceptors (Lipinski definition) is 16. The summed E-state index contributed by atoms with van der Waals surface area (Å²) in [5, 5.41) is 22.8. The van der Waals surface area contributed by atoms with Gasteiger partial charge in [0.2, 0.25) is 0 Å². The molecule has 4 heterocycles. The van der Waals surface area contributed by atoms with Gasteiger partial charge in [-0.15, -0.1) is 12.8 Å². The Morgan fingerprint density at radius 3 is 1.27 bits per heavy atom. The second-order valence-corrected chi connectivity index (χ2v) is 25.2. The molecule has 0 radical (unpaired) electrons. The third kappa shape index (κ3) is 21.4. The number of ether oxygens (including phenoxy) is 8. The van der Waals surface area contributed by atoms with Crippen LogP contribution >= 0.6 is 22.6 Å². The molecule has 4 N–H and O–H groups in total. The maximum absolute atomic E-state index is 13.4. The van der Waals surface area contributed by atoms with Crippen molar-refractivity contribution in [3.8, 4) is 36.5 Å². The molecule has 5 aromatic carbocycles. The maximum atomic E-state index is 13.4. The lowest BCUT2D eigenvalue weighted by Crippen LogP contribution is -2.62. The number of Topliss-reactive ketones (excluding diaryl/α,β-unsaturated/α-hetero) is 2. The van der Waals surface area contributed by atoms with Crippen molar-refractivity contribution in [2.75, 3.05) is 74.4 Å². The number of carbonyl (C=O) groups is 6. The molecule has 0 aliphatic carbocycles. The van der Waals surface area contributed by atoms with Gasteiger partial charge in [0.15, 0.2) is 46.8 Å². The number of aliphatic hydroxyl groups is 2. The van der Waals surface area contributed by atoms with E-state index in [0.717, 1.165) is 62.0 Å². The van der Waals surface area contributed by atoms with Gasteiger partial charge in [0.05, 0.1) is 19.8 Å². The van der Waals surface area contributed by atoms with E-state index in [2.05, 4.69) is 56.9 Å². The van der Waals surface area contributed by atoms with E-state index in [0.29, 0.717) is 61.5 Å². The smallest absolute Gasteiger partial charge is 0.254 e. The largest absolute Gasteiger partial charge is 0.393 e. The average molecular weight is 1420 g/mol. The summed E-state index contributed by atoms with van der Waals surface area (Å²) in [5.41, 5.74) is 3.29. The summed E-state index contributed by atoms with van der Waals surface area (Å²) in [5.74, 6) is 7.13. The Bertz CT molecular complexity index is 3530. The number of terminal acetylenes is 2. The quantitative estimate of drug-likeness (QED) is 0.0364. The van der Waals surface area contributed by atoms with Gasteiger partial charge in [0, 0.05) is 78.4 Å². The standard InChI is InChI=1S/C32H38N2O7.C19H25IN2O5.C13H14O2.C10H10O2/c1-31(2)40-20-26(41-31)24-15-11-22(12-16-24)9-10-23-13-17-25(18-14-23)29(36)34(5)32(3,30(37)33-4)27(35)21-39-28-8-6-7-19-38-28;1-19(18(25)21-2,15(23)12-27-16-6-4-5-11-26-16)22(3)17(24)13-7-9-14(20)10-8-13;1-4-10-5-7-11(8-6-10)12-9-14-13(2,3)15-12;1-2-8-3-5-9(6-4-8)10(12)7-11/h11-18,26,28H,6-8,19-21H2,1-5H3,(H,33,37);7-10,16H,4-6,11-12H2,1-3H3,(H,21,25);1,5-8,12H,9H2,2-3H3;1,3-6,10-12H,7H2/t26?,28?,32-;16?,19-;;10-/m11.1/s1.